The molecular formula is C23H28N2O3. The van der Waals surface area contributed by atoms with Gasteiger partial charge in [-0.05, 0) is 43.0 Å². The maximum Gasteiger partial charge on any atom is 0.227 e. The summed E-state index contributed by atoms with van der Waals surface area (Å²) in [5, 5.41) is 11.2. The molecule has 0 atom stereocenters. The monoisotopic (exact) mass is 380 g/mol. The standard InChI is InChI=1S/C23H28N2O3/c1-28-21-6-3-2-5-20(21)23(27)12-15-24(16-13-23)17-18-8-10-19(11-9-18)25-14-4-7-22(25)26/h2-3,5-6,8-11,27H,4,7,12-17H2,1H3. The van der Waals surface area contributed by atoms with Gasteiger partial charge < -0.3 is 14.7 Å². The number of rotatable bonds is 5. The molecule has 2 aliphatic heterocycles. The molecular weight excluding hydrogens is 352 g/mol. The first kappa shape index (κ1) is 19.0. The molecule has 0 aromatic heterocycles. The van der Waals surface area contributed by atoms with E-state index < -0.39 is 5.60 Å². The lowest BCUT2D eigenvalue weighted by Gasteiger charge is -2.39. The summed E-state index contributed by atoms with van der Waals surface area (Å²) in [4.78, 5) is 16.1. The molecule has 5 nitrogen and oxygen atoms in total. The number of hydrogen-bond acceptors (Lipinski definition) is 4. The third-order valence-electron chi connectivity index (χ3n) is 6.02. The number of ether oxygens (including phenoxy) is 1. The first-order valence-corrected chi connectivity index (χ1v) is 10.1. The summed E-state index contributed by atoms with van der Waals surface area (Å²) in [6.45, 7) is 3.35. The van der Waals surface area contributed by atoms with Crippen LogP contribution in [-0.4, -0.2) is 42.7 Å². The summed E-state index contributed by atoms with van der Waals surface area (Å²) < 4.78 is 5.45. The topological polar surface area (TPSA) is 53.0 Å². The first-order valence-electron chi connectivity index (χ1n) is 10.1. The van der Waals surface area contributed by atoms with Crippen molar-refractivity contribution in [2.24, 2.45) is 0 Å². The molecule has 28 heavy (non-hydrogen) atoms. The van der Waals surface area contributed by atoms with Gasteiger partial charge in [-0.15, -0.1) is 0 Å². The maximum absolute atomic E-state index is 11.9. The number of para-hydroxylation sites is 1. The second-order valence-electron chi connectivity index (χ2n) is 7.82. The minimum Gasteiger partial charge on any atom is -0.496 e. The van der Waals surface area contributed by atoms with Crippen molar-refractivity contribution in [3.8, 4) is 5.75 Å². The van der Waals surface area contributed by atoms with Crippen molar-refractivity contribution >= 4 is 11.6 Å². The molecule has 2 heterocycles. The van der Waals surface area contributed by atoms with E-state index in [0.717, 1.165) is 49.6 Å². The molecule has 0 spiro atoms. The van der Waals surface area contributed by atoms with E-state index in [1.165, 1.54) is 5.56 Å². The van der Waals surface area contributed by atoms with Crippen molar-refractivity contribution in [2.45, 2.75) is 37.8 Å². The number of anilines is 1. The van der Waals surface area contributed by atoms with E-state index in [-0.39, 0.29) is 5.91 Å². The number of carbonyl (C=O) groups is 1. The molecule has 1 amide bonds. The van der Waals surface area contributed by atoms with Crippen LogP contribution in [0.2, 0.25) is 0 Å². The fourth-order valence-electron chi connectivity index (χ4n) is 4.34. The Morgan fingerprint density at radius 3 is 2.39 bits per heavy atom. The van der Waals surface area contributed by atoms with Crippen molar-refractivity contribution in [2.75, 3.05) is 31.6 Å². The summed E-state index contributed by atoms with van der Waals surface area (Å²) in [6.07, 6.45) is 2.98. The number of methoxy groups -OCH3 is 1. The molecule has 2 saturated heterocycles. The number of piperidine rings is 1. The van der Waals surface area contributed by atoms with Crippen LogP contribution in [0.25, 0.3) is 0 Å². The zero-order chi connectivity index (χ0) is 19.6. The van der Waals surface area contributed by atoms with Gasteiger partial charge in [0.1, 0.15) is 5.75 Å². The number of aliphatic hydroxyl groups is 1. The fraction of sp³-hybridized carbons (Fsp3) is 0.435. The van der Waals surface area contributed by atoms with Gasteiger partial charge in [-0.25, -0.2) is 0 Å². The summed E-state index contributed by atoms with van der Waals surface area (Å²) in [5.41, 5.74) is 2.29. The van der Waals surface area contributed by atoms with Crippen LogP contribution < -0.4 is 9.64 Å². The molecule has 1 N–H and O–H groups in total. The van der Waals surface area contributed by atoms with Crippen molar-refractivity contribution in [3.05, 3.63) is 59.7 Å². The summed E-state index contributed by atoms with van der Waals surface area (Å²) in [6, 6.07) is 16.1. The molecule has 148 valence electrons. The molecule has 2 aromatic carbocycles. The Labute approximate surface area is 166 Å². The van der Waals surface area contributed by atoms with Gasteiger partial charge in [0.15, 0.2) is 0 Å². The van der Waals surface area contributed by atoms with Gasteiger partial charge in [0.25, 0.3) is 0 Å². The minimum absolute atomic E-state index is 0.222. The van der Waals surface area contributed by atoms with E-state index in [1.54, 1.807) is 7.11 Å². The highest BCUT2D eigenvalue weighted by Crippen LogP contribution is 2.38. The van der Waals surface area contributed by atoms with Crippen LogP contribution in [0.15, 0.2) is 48.5 Å². The van der Waals surface area contributed by atoms with Crippen LogP contribution in [0.4, 0.5) is 5.69 Å². The molecule has 5 heteroatoms. The predicted molar refractivity (Wildman–Crippen MR) is 109 cm³/mol. The molecule has 0 radical (unpaired) electrons. The third kappa shape index (κ3) is 3.77. The Morgan fingerprint density at radius 2 is 1.75 bits per heavy atom. The van der Waals surface area contributed by atoms with Crippen LogP contribution in [0.1, 0.15) is 36.8 Å². The Bertz CT molecular complexity index is 826. The first-order chi connectivity index (χ1) is 13.6. The van der Waals surface area contributed by atoms with Gasteiger partial charge in [0.05, 0.1) is 12.7 Å². The zero-order valence-electron chi connectivity index (χ0n) is 16.4. The van der Waals surface area contributed by atoms with Crippen molar-refractivity contribution in [1.29, 1.82) is 0 Å². The Kier molecular flexibility index (Phi) is 5.38. The summed E-state index contributed by atoms with van der Waals surface area (Å²) in [5.74, 6) is 0.977. The number of hydrogen-bond donors (Lipinski definition) is 1. The highest BCUT2D eigenvalue weighted by Gasteiger charge is 2.36. The smallest absolute Gasteiger partial charge is 0.227 e. The second-order valence-corrected chi connectivity index (χ2v) is 7.82. The van der Waals surface area contributed by atoms with E-state index in [1.807, 2.05) is 41.3 Å². The van der Waals surface area contributed by atoms with Gasteiger partial charge in [-0.1, -0.05) is 30.3 Å². The van der Waals surface area contributed by atoms with Gasteiger partial charge in [-0.2, -0.15) is 0 Å². The van der Waals surface area contributed by atoms with E-state index in [2.05, 4.69) is 17.0 Å². The number of carbonyl (C=O) groups excluding carboxylic acids is 1. The molecule has 2 aliphatic rings. The molecule has 0 bridgehead atoms. The van der Waals surface area contributed by atoms with Crippen LogP contribution in [0.3, 0.4) is 0 Å². The van der Waals surface area contributed by atoms with Gasteiger partial charge >= 0.3 is 0 Å². The number of amides is 1. The van der Waals surface area contributed by atoms with Gasteiger partial charge in [0, 0.05) is 43.9 Å². The largest absolute Gasteiger partial charge is 0.496 e. The Morgan fingerprint density at radius 1 is 1.04 bits per heavy atom. The molecule has 2 fully saturated rings. The van der Waals surface area contributed by atoms with Crippen molar-refractivity contribution < 1.29 is 14.6 Å². The molecule has 0 aliphatic carbocycles. The van der Waals surface area contributed by atoms with E-state index in [4.69, 9.17) is 4.74 Å². The molecule has 0 unspecified atom stereocenters. The molecule has 0 saturated carbocycles. The predicted octanol–water partition coefficient (Wildman–Crippen LogP) is 3.31. The van der Waals surface area contributed by atoms with Gasteiger partial charge in [-0.3, -0.25) is 9.69 Å². The summed E-state index contributed by atoms with van der Waals surface area (Å²) in [7, 11) is 1.65. The SMILES string of the molecule is COc1ccccc1C1(O)CCN(Cc2ccc(N3CCCC3=O)cc2)CC1. The minimum atomic E-state index is -0.830. The van der Waals surface area contributed by atoms with Crippen LogP contribution in [-0.2, 0) is 16.9 Å². The lowest BCUT2D eigenvalue weighted by molar-refractivity contribution is -0.117. The average molecular weight is 380 g/mol. The quantitative estimate of drug-likeness (QED) is 0.865. The van der Waals surface area contributed by atoms with Gasteiger partial charge in [0.2, 0.25) is 5.91 Å². The third-order valence-corrected chi connectivity index (χ3v) is 6.02. The van der Waals surface area contributed by atoms with Crippen LogP contribution in [0.5, 0.6) is 5.75 Å². The second kappa shape index (κ2) is 7.94. The Hall–Kier alpha value is -2.37. The van der Waals surface area contributed by atoms with Crippen molar-refractivity contribution in [3.63, 3.8) is 0 Å². The molecule has 4 rings (SSSR count). The average Bonchev–Trinajstić information content (AvgIpc) is 3.16. The molecule has 2 aromatic rings. The number of nitrogens with zero attached hydrogens (tertiary/aromatic N) is 2. The van der Waals surface area contributed by atoms with E-state index >= 15 is 0 Å². The number of benzene rings is 2. The van der Waals surface area contributed by atoms with E-state index in [0.29, 0.717) is 19.3 Å². The van der Waals surface area contributed by atoms with E-state index in [9.17, 15) is 9.90 Å². The zero-order valence-corrected chi connectivity index (χ0v) is 16.4. The Balaban J connectivity index is 1.37. The highest BCUT2D eigenvalue weighted by molar-refractivity contribution is 5.95. The van der Waals surface area contributed by atoms with Crippen molar-refractivity contribution in [1.82, 2.24) is 4.90 Å². The lowest BCUT2D eigenvalue weighted by atomic mass is 9.84. The summed E-state index contributed by atoms with van der Waals surface area (Å²) >= 11 is 0. The normalized spacial score (nSPS) is 19.8. The maximum atomic E-state index is 11.9. The van der Waals surface area contributed by atoms with Crippen LogP contribution in [0, 0.1) is 0 Å². The highest BCUT2D eigenvalue weighted by atomic mass is 16.5. The fourth-order valence-corrected chi connectivity index (χ4v) is 4.34. The lowest BCUT2D eigenvalue weighted by Crippen LogP contribution is -2.42. The number of likely N-dealkylation sites (tertiary alicyclic amines) is 1. The van der Waals surface area contributed by atoms with Crippen LogP contribution >= 0.6 is 0 Å².